The smallest absolute Gasteiger partial charge is 0.211 e. The van der Waals surface area contributed by atoms with Crippen molar-refractivity contribution in [2.24, 2.45) is 4.99 Å². The number of allylic oxidation sites excluding steroid dienone is 1. The zero-order chi connectivity index (χ0) is 7.40. The molecule has 1 aliphatic carbocycles. The third-order valence-electron chi connectivity index (χ3n) is 1.89. The predicted octanol–water partition coefficient (Wildman–Crippen LogP) is 1.82. The average molecular weight is 137 g/mol. The van der Waals surface area contributed by atoms with Crippen LogP contribution in [0.2, 0.25) is 0 Å². The number of hydrogen-bond acceptors (Lipinski definition) is 2. The molecular weight excluding hydrogens is 126 g/mol. The van der Waals surface area contributed by atoms with Crippen molar-refractivity contribution in [2.75, 3.05) is 0 Å². The van der Waals surface area contributed by atoms with Crippen LogP contribution in [0.25, 0.3) is 0 Å². The summed E-state index contributed by atoms with van der Waals surface area (Å²) in [6.45, 7) is 2.09. The van der Waals surface area contributed by atoms with Crippen molar-refractivity contribution in [2.45, 2.75) is 32.2 Å². The number of rotatable bonds is 2. The van der Waals surface area contributed by atoms with Crippen LogP contribution in [0.1, 0.15) is 26.2 Å². The molecule has 0 saturated heterocycles. The molecule has 0 radical (unpaired) electrons. The molecule has 1 aliphatic rings. The van der Waals surface area contributed by atoms with Gasteiger partial charge in [-0.15, -0.1) is 0 Å². The molecule has 0 aromatic rings. The Morgan fingerprint density at radius 1 is 1.90 bits per heavy atom. The minimum atomic E-state index is 0.155. The average Bonchev–Trinajstić information content (AvgIpc) is 2.36. The van der Waals surface area contributed by atoms with Crippen LogP contribution >= 0.6 is 0 Å². The largest absolute Gasteiger partial charge is 0.235 e. The molecule has 0 aliphatic heterocycles. The van der Waals surface area contributed by atoms with E-state index >= 15 is 0 Å². The van der Waals surface area contributed by atoms with Gasteiger partial charge >= 0.3 is 0 Å². The van der Waals surface area contributed by atoms with Crippen LogP contribution in [0, 0.1) is 0 Å². The number of nitrogens with zero attached hydrogens (tertiary/aromatic N) is 1. The molecule has 1 atom stereocenters. The summed E-state index contributed by atoms with van der Waals surface area (Å²) in [6.07, 6.45) is 6.86. The van der Waals surface area contributed by atoms with Crippen molar-refractivity contribution >= 4 is 6.08 Å². The van der Waals surface area contributed by atoms with Crippen molar-refractivity contribution in [3.05, 3.63) is 11.6 Å². The topological polar surface area (TPSA) is 29.4 Å². The first-order valence-corrected chi connectivity index (χ1v) is 3.64. The second-order valence-corrected chi connectivity index (χ2v) is 2.45. The molecule has 0 saturated carbocycles. The van der Waals surface area contributed by atoms with E-state index < -0.39 is 0 Å². The third kappa shape index (κ3) is 1.34. The van der Waals surface area contributed by atoms with Gasteiger partial charge in [-0.05, 0) is 24.8 Å². The molecule has 0 aromatic carbocycles. The zero-order valence-corrected chi connectivity index (χ0v) is 6.13. The lowest BCUT2D eigenvalue weighted by molar-refractivity contribution is 0.558. The first-order chi connectivity index (χ1) is 4.88. The van der Waals surface area contributed by atoms with Gasteiger partial charge in [-0.25, -0.2) is 4.79 Å². The minimum Gasteiger partial charge on any atom is -0.211 e. The number of carbonyl (C=O) groups excluding carboxylic acids is 1. The van der Waals surface area contributed by atoms with Gasteiger partial charge in [0.2, 0.25) is 6.08 Å². The van der Waals surface area contributed by atoms with E-state index in [9.17, 15) is 4.79 Å². The lowest BCUT2D eigenvalue weighted by Gasteiger charge is -2.03. The lowest BCUT2D eigenvalue weighted by Crippen LogP contribution is -2.00. The fraction of sp³-hybridized carbons (Fsp3) is 0.625. The molecule has 0 amide bonds. The quantitative estimate of drug-likeness (QED) is 0.324. The van der Waals surface area contributed by atoms with Gasteiger partial charge in [-0.3, -0.25) is 0 Å². The molecule has 0 aromatic heterocycles. The first kappa shape index (κ1) is 7.23. The van der Waals surface area contributed by atoms with Gasteiger partial charge in [-0.1, -0.05) is 13.0 Å². The van der Waals surface area contributed by atoms with E-state index in [1.54, 1.807) is 6.08 Å². The van der Waals surface area contributed by atoms with Gasteiger partial charge in [0.15, 0.2) is 0 Å². The van der Waals surface area contributed by atoms with Crippen LogP contribution in [0.5, 0.6) is 0 Å². The Bertz CT molecular complexity index is 189. The van der Waals surface area contributed by atoms with Crippen molar-refractivity contribution in [1.82, 2.24) is 0 Å². The molecular formula is C8H11NO. The van der Waals surface area contributed by atoms with Crippen molar-refractivity contribution < 1.29 is 4.79 Å². The van der Waals surface area contributed by atoms with Gasteiger partial charge < -0.3 is 0 Å². The van der Waals surface area contributed by atoms with Crippen LogP contribution in [-0.2, 0) is 4.79 Å². The Balaban J connectivity index is 2.62. The monoisotopic (exact) mass is 137 g/mol. The molecule has 54 valence electrons. The Labute approximate surface area is 60.7 Å². The fourth-order valence-electron chi connectivity index (χ4n) is 1.34. The Morgan fingerprint density at radius 2 is 2.70 bits per heavy atom. The summed E-state index contributed by atoms with van der Waals surface area (Å²) in [6, 6.07) is 0.155. The molecule has 2 nitrogen and oxygen atoms in total. The molecule has 1 unspecified atom stereocenters. The Morgan fingerprint density at radius 3 is 3.30 bits per heavy atom. The standard InChI is InChI=1S/C8H11NO/c1-2-7-4-3-5-8(7)9-6-10/h4,8H,2-3,5H2,1H3. The van der Waals surface area contributed by atoms with Gasteiger partial charge in [0, 0.05) is 0 Å². The molecule has 0 fully saturated rings. The number of isocyanates is 1. The molecule has 0 spiro atoms. The molecule has 0 N–H and O–H groups in total. The predicted molar refractivity (Wildman–Crippen MR) is 39.5 cm³/mol. The van der Waals surface area contributed by atoms with E-state index in [0.717, 1.165) is 19.3 Å². The number of aliphatic imine (C=N–C) groups is 1. The second-order valence-electron chi connectivity index (χ2n) is 2.45. The maximum atomic E-state index is 9.90. The summed E-state index contributed by atoms with van der Waals surface area (Å²) in [5.41, 5.74) is 1.29. The molecule has 1 rings (SSSR count). The highest BCUT2D eigenvalue weighted by Crippen LogP contribution is 2.23. The number of hydrogen-bond donors (Lipinski definition) is 0. The minimum absolute atomic E-state index is 0.155. The SMILES string of the molecule is CCC1=CCCC1N=C=O. The van der Waals surface area contributed by atoms with Gasteiger partial charge in [0.25, 0.3) is 0 Å². The van der Waals surface area contributed by atoms with E-state index in [1.165, 1.54) is 5.57 Å². The van der Waals surface area contributed by atoms with E-state index in [0.29, 0.717) is 0 Å². The third-order valence-corrected chi connectivity index (χ3v) is 1.89. The molecule has 0 bridgehead atoms. The lowest BCUT2D eigenvalue weighted by atomic mass is 10.1. The normalized spacial score (nSPS) is 23.7. The van der Waals surface area contributed by atoms with Crippen molar-refractivity contribution in [3.63, 3.8) is 0 Å². The van der Waals surface area contributed by atoms with E-state index in [1.807, 2.05) is 0 Å². The molecule has 10 heavy (non-hydrogen) atoms. The summed E-state index contributed by atoms with van der Waals surface area (Å²) in [5, 5.41) is 0. The van der Waals surface area contributed by atoms with Crippen LogP contribution in [-0.4, -0.2) is 12.1 Å². The highest BCUT2D eigenvalue weighted by molar-refractivity contribution is 5.36. The van der Waals surface area contributed by atoms with Crippen LogP contribution in [0.4, 0.5) is 0 Å². The Kier molecular flexibility index (Phi) is 2.41. The van der Waals surface area contributed by atoms with Gasteiger partial charge in [0.05, 0.1) is 6.04 Å². The second kappa shape index (κ2) is 3.33. The van der Waals surface area contributed by atoms with E-state index in [-0.39, 0.29) is 6.04 Å². The summed E-state index contributed by atoms with van der Waals surface area (Å²) in [4.78, 5) is 13.6. The maximum absolute atomic E-state index is 9.90. The van der Waals surface area contributed by atoms with Crippen LogP contribution in [0.3, 0.4) is 0 Å². The first-order valence-electron chi connectivity index (χ1n) is 3.64. The van der Waals surface area contributed by atoms with E-state index in [2.05, 4.69) is 18.0 Å². The summed E-state index contributed by atoms with van der Waals surface area (Å²) >= 11 is 0. The summed E-state index contributed by atoms with van der Waals surface area (Å²) < 4.78 is 0. The maximum Gasteiger partial charge on any atom is 0.235 e. The van der Waals surface area contributed by atoms with Crippen molar-refractivity contribution in [1.29, 1.82) is 0 Å². The zero-order valence-electron chi connectivity index (χ0n) is 6.13. The highest BCUT2D eigenvalue weighted by Gasteiger charge is 2.15. The molecule has 0 heterocycles. The summed E-state index contributed by atoms with van der Waals surface area (Å²) in [7, 11) is 0. The fourth-order valence-corrected chi connectivity index (χ4v) is 1.34. The molecule has 2 heteroatoms. The van der Waals surface area contributed by atoms with Gasteiger partial charge in [-0.2, -0.15) is 4.99 Å². The van der Waals surface area contributed by atoms with E-state index in [4.69, 9.17) is 0 Å². The van der Waals surface area contributed by atoms with Crippen molar-refractivity contribution in [3.8, 4) is 0 Å². The highest BCUT2D eigenvalue weighted by atomic mass is 16.1. The van der Waals surface area contributed by atoms with Crippen LogP contribution < -0.4 is 0 Å². The van der Waals surface area contributed by atoms with Crippen LogP contribution in [0.15, 0.2) is 16.6 Å². The Hall–Kier alpha value is -0.880. The van der Waals surface area contributed by atoms with Gasteiger partial charge in [0.1, 0.15) is 0 Å². The summed E-state index contributed by atoms with van der Waals surface area (Å²) in [5.74, 6) is 0.